The highest BCUT2D eigenvalue weighted by Gasteiger charge is 2.28. The second-order valence-corrected chi connectivity index (χ2v) is 7.62. The van der Waals surface area contributed by atoms with Gasteiger partial charge in [-0.1, -0.05) is 6.07 Å². The van der Waals surface area contributed by atoms with Crippen molar-refractivity contribution in [2.75, 3.05) is 46.4 Å². The van der Waals surface area contributed by atoms with Crippen LogP contribution in [0.4, 0.5) is 4.39 Å². The van der Waals surface area contributed by atoms with Crippen LogP contribution in [0.25, 0.3) is 0 Å². The average molecular weight is 543 g/mol. The third-order valence-electron chi connectivity index (χ3n) is 4.47. The van der Waals surface area contributed by atoms with Crippen molar-refractivity contribution in [2.24, 2.45) is 4.99 Å². The molecule has 8 heteroatoms. The van der Waals surface area contributed by atoms with Gasteiger partial charge in [-0.2, -0.15) is 0 Å². The highest BCUT2D eigenvalue weighted by molar-refractivity contribution is 14.0. The summed E-state index contributed by atoms with van der Waals surface area (Å²) in [6.07, 6.45) is 0.798. The molecule has 0 spiro atoms. The van der Waals surface area contributed by atoms with Crippen LogP contribution in [0.3, 0.4) is 0 Å². The summed E-state index contributed by atoms with van der Waals surface area (Å²) in [7, 11) is 1.77. The van der Waals surface area contributed by atoms with Gasteiger partial charge in [-0.25, -0.2) is 4.39 Å². The van der Waals surface area contributed by atoms with E-state index in [1.54, 1.807) is 13.1 Å². The number of hydrogen-bond acceptors (Lipinski definition) is 3. The molecule has 1 aromatic rings. The Kier molecular flexibility index (Phi) is 10.3. The minimum atomic E-state index is -0.237. The fraction of sp³-hybridized carbons (Fsp3) is 0.611. The Labute approximate surface area is 181 Å². The van der Waals surface area contributed by atoms with Crippen LogP contribution in [0.1, 0.15) is 19.4 Å². The predicted molar refractivity (Wildman–Crippen MR) is 119 cm³/mol. The van der Waals surface area contributed by atoms with Crippen LogP contribution < -0.4 is 10.6 Å². The van der Waals surface area contributed by atoms with Gasteiger partial charge in [0.1, 0.15) is 5.82 Å². The summed E-state index contributed by atoms with van der Waals surface area (Å²) in [5.41, 5.74) is 1.10. The maximum Gasteiger partial charge on any atom is 0.191 e. The zero-order valence-corrected chi connectivity index (χ0v) is 19.6. The number of ether oxygens (including phenoxy) is 1. The van der Waals surface area contributed by atoms with Crippen LogP contribution in [-0.2, 0) is 11.2 Å². The number of rotatable bonds is 6. The summed E-state index contributed by atoms with van der Waals surface area (Å²) >= 11 is 3.22. The number of benzene rings is 1. The molecule has 148 valence electrons. The third-order valence-corrected chi connectivity index (χ3v) is 5.08. The lowest BCUT2D eigenvalue weighted by Crippen LogP contribution is -2.56. The van der Waals surface area contributed by atoms with Gasteiger partial charge in [-0.15, -0.1) is 24.0 Å². The van der Waals surface area contributed by atoms with E-state index in [4.69, 9.17) is 4.74 Å². The lowest BCUT2D eigenvalue weighted by atomic mass is 10.0. The second-order valence-electron chi connectivity index (χ2n) is 6.76. The van der Waals surface area contributed by atoms with Gasteiger partial charge in [0, 0.05) is 38.8 Å². The number of aliphatic imine (C=N–C) groups is 1. The first-order chi connectivity index (χ1) is 11.9. The Balaban J connectivity index is 0.00000338. The smallest absolute Gasteiger partial charge is 0.191 e. The monoisotopic (exact) mass is 542 g/mol. The molecule has 1 aliphatic heterocycles. The SMILES string of the molecule is CN=C(NCCc1ccc(F)c(Br)c1)NCC(C)(C)N1CCOCC1.I. The first kappa shape index (κ1) is 23.6. The number of nitrogens with zero attached hydrogens (tertiary/aromatic N) is 2. The summed E-state index contributed by atoms with van der Waals surface area (Å²) in [5.74, 6) is 0.544. The van der Waals surface area contributed by atoms with E-state index < -0.39 is 0 Å². The predicted octanol–water partition coefficient (Wildman–Crippen LogP) is 3.02. The van der Waals surface area contributed by atoms with Gasteiger partial charge in [-0.3, -0.25) is 9.89 Å². The van der Waals surface area contributed by atoms with Crippen molar-refractivity contribution in [3.63, 3.8) is 0 Å². The van der Waals surface area contributed by atoms with E-state index in [-0.39, 0.29) is 35.3 Å². The lowest BCUT2D eigenvalue weighted by Gasteiger charge is -2.41. The molecule has 0 unspecified atom stereocenters. The number of halogens is 3. The molecule has 0 radical (unpaired) electrons. The Bertz CT molecular complexity index is 595. The molecular formula is C18H29BrFIN4O. The first-order valence-corrected chi connectivity index (χ1v) is 9.43. The van der Waals surface area contributed by atoms with E-state index in [2.05, 4.69) is 50.3 Å². The van der Waals surface area contributed by atoms with Crippen molar-refractivity contribution in [1.82, 2.24) is 15.5 Å². The molecule has 5 nitrogen and oxygen atoms in total. The molecular weight excluding hydrogens is 514 g/mol. The van der Waals surface area contributed by atoms with Gasteiger partial charge < -0.3 is 15.4 Å². The molecule has 26 heavy (non-hydrogen) atoms. The second kappa shape index (κ2) is 11.4. The van der Waals surface area contributed by atoms with Gasteiger partial charge in [0.05, 0.1) is 17.7 Å². The summed E-state index contributed by atoms with van der Waals surface area (Å²) in [6.45, 7) is 9.50. The maximum absolute atomic E-state index is 13.3. The molecule has 0 atom stereocenters. The third kappa shape index (κ3) is 7.28. The van der Waals surface area contributed by atoms with Crippen LogP contribution in [0.5, 0.6) is 0 Å². The van der Waals surface area contributed by atoms with E-state index in [1.807, 2.05) is 6.07 Å². The van der Waals surface area contributed by atoms with E-state index in [1.165, 1.54) is 6.07 Å². The minimum Gasteiger partial charge on any atom is -0.379 e. The first-order valence-electron chi connectivity index (χ1n) is 8.63. The molecule has 2 N–H and O–H groups in total. The highest BCUT2D eigenvalue weighted by atomic mass is 127. The fourth-order valence-electron chi connectivity index (χ4n) is 2.82. The normalized spacial score (nSPS) is 16.1. The number of morpholine rings is 1. The quantitative estimate of drug-likeness (QED) is 0.329. The molecule has 1 heterocycles. The van der Waals surface area contributed by atoms with Crippen LogP contribution >= 0.6 is 39.9 Å². The van der Waals surface area contributed by atoms with E-state index >= 15 is 0 Å². The summed E-state index contributed by atoms with van der Waals surface area (Å²) in [4.78, 5) is 6.72. The molecule has 2 rings (SSSR count). The molecule has 0 aromatic heterocycles. The summed E-state index contributed by atoms with van der Waals surface area (Å²) in [6, 6.07) is 5.10. The van der Waals surface area contributed by atoms with Crippen molar-refractivity contribution >= 4 is 45.9 Å². The molecule has 0 aliphatic carbocycles. The molecule has 0 bridgehead atoms. The van der Waals surface area contributed by atoms with Crippen molar-refractivity contribution in [2.45, 2.75) is 25.8 Å². The molecule has 1 aliphatic rings. The summed E-state index contributed by atoms with van der Waals surface area (Å²) in [5, 5.41) is 6.72. The van der Waals surface area contributed by atoms with Gasteiger partial charge in [-0.05, 0) is 53.9 Å². The Morgan fingerprint density at radius 3 is 2.62 bits per heavy atom. The fourth-order valence-corrected chi connectivity index (χ4v) is 3.25. The van der Waals surface area contributed by atoms with Gasteiger partial charge in [0.25, 0.3) is 0 Å². The van der Waals surface area contributed by atoms with E-state index in [0.29, 0.717) is 4.47 Å². The van der Waals surface area contributed by atoms with Gasteiger partial charge in [0.15, 0.2) is 5.96 Å². The van der Waals surface area contributed by atoms with Gasteiger partial charge >= 0.3 is 0 Å². The number of guanidine groups is 1. The number of nitrogens with one attached hydrogen (secondary N) is 2. The Morgan fingerprint density at radius 1 is 1.31 bits per heavy atom. The van der Waals surface area contributed by atoms with Crippen LogP contribution in [-0.4, -0.2) is 62.8 Å². The summed E-state index contributed by atoms with van der Waals surface area (Å²) < 4.78 is 19.2. The van der Waals surface area contributed by atoms with Crippen molar-refractivity contribution < 1.29 is 9.13 Å². The average Bonchev–Trinajstić information content (AvgIpc) is 2.61. The van der Waals surface area contributed by atoms with E-state index in [9.17, 15) is 4.39 Å². The molecule has 1 saturated heterocycles. The van der Waals surface area contributed by atoms with Crippen molar-refractivity contribution in [3.8, 4) is 0 Å². The maximum atomic E-state index is 13.3. The topological polar surface area (TPSA) is 48.9 Å². The van der Waals surface area contributed by atoms with Crippen LogP contribution in [0.15, 0.2) is 27.7 Å². The van der Waals surface area contributed by atoms with Crippen LogP contribution in [0, 0.1) is 5.82 Å². The largest absolute Gasteiger partial charge is 0.379 e. The van der Waals surface area contributed by atoms with Crippen molar-refractivity contribution in [1.29, 1.82) is 0 Å². The standard InChI is InChI=1S/C18H28BrFN4O.HI/c1-18(2,24-8-10-25-11-9-24)13-23-17(21-3)22-7-6-14-4-5-16(20)15(19)12-14;/h4-5,12H,6-11,13H2,1-3H3,(H2,21,22,23);1H. The molecule has 0 saturated carbocycles. The Hall–Kier alpha value is -0.450. The number of hydrogen-bond donors (Lipinski definition) is 2. The lowest BCUT2D eigenvalue weighted by molar-refractivity contribution is -0.00833. The highest BCUT2D eigenvalue weighted by Crippen LogP contribution is 2.17. The van der Waals surface area contributed by atoms with E-state index in [0.717, 1.165) is 57.3 Å². The molecule has 1 fully saturated rings. The molecule has 1 aromatic carbocycles. The minimum absolute atomic E-state index is 0. The zero-order valence-electron chi connectivity index (χ0n) is 15.6. The van der Waals surface area contributed by atoms with Gasteiger partial charge in [0.2, 0.25) is 0 Å². The molecule has 0 amide bonds. The Morgan fingerprint density at radius 2 is 2.00 bits per heavy atom. The zero-order chi connectivity index (χ0) is 18.3. The van der Waals surface area contributed by atoms with Crippen molar-refractivity contribution in [3.05, 3.63) is 34.1 Å². The van der Waals surface area contributed by atoms with Crippen LogP contribution in [0.2, 0.25) is 0 Å².